The van der Waals surface area contributed by atoms with E-state index in [1.807, 2.05) is 140 Å². The smallest absolute Gasteiger partial charge is 0.164 e. The largest absolute Gasteiger partial charge is 0.309 e. The Morgan fingerprint density at radius 1 is 0.383 bits per heavy atom. The van der Waals surface area contributed by atoms with Gasteiger partial charge in [0.05, 0.1) is 56.7 Å². The molecule has 0 unspecified atom stereocenters. The Bertz CT molecular complexity index is 3510. The summed E-state index contributed by atoms with van der Waals surface area (Å²) in [5.74, 6) is 1.68. The van der Waals surface area contributed by atoms with Crippen LogP contribution in [0.4, 0.5) is 0 Å². The highest BCUT2D eigenvalue weighted by Gasteiger charge is 2.22. The molecule has 11 aromatic rings. The molecule has 8 nitrogen and oxygen atoms in total. The monoisotopic (exact) mass is 766 g/mol. The van der Waals surface area contributed by atoms with Gasteiger partial charge in [0, 0.05) is 61.8 Å². The first-order valence-electron chi connectivity index (χ1n) is 19.5. The molecule has 0 radical (unpaired) electrons. The third-order valence-electron chi connectivity index (χ3n) is 11.1. The number of aromatic nitrogens is 6. The number of pyridine rings is 1. The summed E-state index contributed by atoms with van der Waals surface area (Å²) < 4.78 is 4.53. The van der Waals surface area contributed by atoms with E-state index in [0.717, 1.165) is 82.8 Å². The Hall–Kier alpha value is -8.72. The van der Waals surface area contributed by atoms with Crippen LogP contribution in [0.15, 0.2) is 182 Å². The summed E-state index contributed by atoms with van der Waals surface area (Å²) in [4.78, 5) is 19.9. The summed E-state index contributed by atoms with van der Waals surface area (Å²) in [6.45, 7) is 0. The van der Waals surface area contributed by atoms with Gasteiger partial charge in [-0.25, -0.2) is 15.0 Å². The first-order valence-corrected chi connectivity index (χ1v) is 19.5. The zero-order valence-electron chi connectivity index (χ0n) is 31.9. The van der Waals surface area contributed by atoms with Crippen molar-refractivity contribution in [3.8, 4) is 68.8 Å². The zero-order valence-corrected chi connectivity index (χ0v) is 31.9. The molecule has 0 aliphatic carbocycles. The lowest BCUT2D eigenvalue weighted by atomic mass is 10.00. The topological polar surface area (TPSA) is 109 Å². The molecule has 0 N–H and O–H groups in total. The van der Waals surface area contributed by atoms with Crippen molar-refractivity contribution in [1.82, 2.24) is 29.1 Å². The van der Waals surface area contributed by atoms with Crippen LogP contribution in [0.3, 0.4) is 0 Å². The number of fused-ring (bicyclic) bond motifs is 6. The molecular weight excluding hydrogens is 737 g/mol. The molecule has 0 saturated heterocycles. The quantitative estimate of drug-likeness (QED) is 0.167. The Morgan fingerprint density at radius 3 is 1.42 bits per heavy atom. The van der Waals surface area contributed by atoms with Gasteiger partial charge in [0.25, 0.3) is 0 Å². The molecular formula is C52H30N8. The fourth-order valence-corrected chi connectivity index (χ4v) is 8.41. The molecule has 278 valence electrons. The molecule has 60 heavy (non-hydrogen) atoms. The number of hydrogen-bond donors (Lipinski definition) is 0. The van der Waals surface area contributed by atoms with Crippen molar-refractivity contribution in [1.29, 1.82) is 10.5 Å². The molecule has 11 rings (SSSR count). The van der Waals surface area contributed by atoms with Gasteiger partial charge in [0.2, 0.25) is 0 Å². The van der Waals surface area contributed by atoms with Gasteiger partial charge >= 0.3 is 0 Å². The minimum atomic E-state index is 0.533. The van der Waals surface area contributed by atoms with Gasteiger partial charge in [-0.15, -0.1) is 0 Å². The average molecular weight is 767 g/mol. The normalized spacial score (nSPS) is 11.3. The van der Waals surface area contributed by atoms with Crippen LogP contribution in [0, 0.1) is 22.7 Å². The maximum atomic E-state index is 9.96. The van der Waals surface area contributed by atoms with E-state index >= 15 is 0 Å². The van der Waals surface area contributed by atoms with Gasteiger partial charge in [-0.2, -0.15) is 10.5 Å². The van der Waals surface area contributed by atoms with Crippen LogP contribution in [-0.4, -0.2) is 29.1 Å². The molecule has 4 aromatic heterocycles. The van der Waals surface area contributed by atoms with Crippen LogP contribution in [0.2, 0.25) is 0 Å². The highest BCUT2D eigenvalue weighted by molar-refractivity contribution is 6.12. The number of rotatable bonds is 6. The number of para-hydroxylation sites is 2. The van der Waals surface area contributed by atoms with Crippen LogP contribution in [0.5, 0.6) is 0 Å². The number of benzene rings is 7. The molecule has 0 saturated carbocycles. The minimum absolute atomic E-state index is 0.533. The second-order valence-corrected chi connectivity index (χ2v) is 14.6. The van der Waals surface area contributed by atoms with Gasteiger partial charge in [0.1, 0.15) is 0 Å². The standard InChI is InChI=1S/C52H30N8/c53-30-33-19-23-46-41(27-33)38-15-7-9-17-44(38)59(46)48-25-26-55-32-43(48)40-22-21-37(29-49(40)60-45-18-10-8-16-39(45)42-28-34(31-54)20-24-47(42)60)52-57-50(35-11-3-1-4-12-35)56-51(58-52)36-13-5-2-6-14-36/h1-29,32H. The number of nitrogens with zero attached hydrogens (tertiary/aromatic N) is 8. The molecule has 0 atom stereocenters. The first-order chi connectivity index (χ1) is 29.7. The van der Waals surface area contributed by atoms with Gasteiger partial charge < -0.3 is 9.13 Å². The third-order valence-corrected chi connectivity index (χ3v) is 11.1. The van der Waals surface area contributed by atoms with E-state index < -0.39 is 0 Å². The van der Waals surface area contributed by atoms with Crippen LogP contribution < -0.4 is 0 Å². The predicted octanol–water partition coefficient (Wildman–Crippen LogP) is 11.9. The van der Waals surface area contributed by atoms with Crippen molar-refractivity contribution in [3.05, 3.63) is 193 Å². The van der Waals surface area contributed by atoms with Gasteiger partial charge in [-0.3, -0.25) is 4.98 Å². The Labute approximate surface area is 344 Å². The number of nitriles is 2. The average Bonchev–Trinajstić information content (AvgIpc) is 3.83. The molecule has 0 aliphatic rings. The number of hydrogen-bond acceptors (Lipinski definition) is 6. The van der Waals surface area contributed by atoms with Crippen LogP contribution in [-0.2, 0) is 0 Å². The van der Waals surface area contributed by atoms with Crippen LogP contribution >= 0.6 is 0 Å². The SMILES string of the molecule is N#Cc1ccc2c(c1)c1ccccc1n2-c1ccncc1-c1ccc(-c2nc(-c3ccccc3)nc(-c3ccccc3)n2)cc1-n1c2ccccc2c2cc(C#N)ccc21. The maximum absolute atomic E-state index is 9.96. The second-order valence-electron chi connectivity index (χ2n) is 14.6. The van der Waals surface area contributed by atoms with Crippen molar-refractivity contribution >= 4 is 43.6 Å². The van der Waals surface area contributed by atoms with Crippen molar-refractivity contribution in [2.45, 2.75) is 0 Å². The highest BCUT2D eigenvalue weighted by atomic mass is 15.0. The van der Waals surface area contributed by atoms with Crippen molar-refractivity contribution in [2.24, 2.45) is 0 Å². The van der Waals surface area contributed by atoms with Crippen molar-refractivity contribution in [3.63, 3.8) is 0 Å². The summed E-state index contributed by atoms with van der Waals surface area (Å²) in [6.07, 6.45) is 3.74. The van der Waals surface area contributed by atoms with Crippen LogP contribution in [0.25, 0.3) is 100 Å². The summed E-state index contributed by atoms with van der Waals surface area (Å²) in [6, 6.07) is 61.3. The van der Waals surface area contributed by atoms with E-state index in [0.29, 0.717) is 28.6 Å². The van der Waals surface area contributed by atoms with Gasteiger partial charge in [-0.05, 0) is 60.7 Å². The molecule has 0 bridgehead atoms. The lowest BCUT2D eigenvalue weighted by Crippen LogP contribution is -2.04. The Kier molecular flexibility index (Phi) is 8.07. The van der Waals surface area contributed by atoms with E-state index in [4.69, 9.17) is 19.9 Å². The van der Waals surface area contributed by atoms with Crippen LogP contribution in [0.1, 0.15) is 11.1 Å². The minimum Gasteiger partial charge on any atom is -0.309 e. The fraction of sp³-hybridized carbons (Fsp3) is 0. The predicted molar refractivity (Wildman–Crippen MR) is 237 cm³/mol. The summed E-state index contributed by atoms with van der Waals surface area (Å²) in [5, 5.41) is 23.9. The second kappa shape index (κ2) is 14.0. The highest BCUT2D eigenvalue weighted by Crippen LogP contribution is 2.42. The van der Waals surface area contributed by atoms with Crippen molar-refractivity contribution in [2.75, 3.05) is 0 Å². The van der Waals surface area contributed by atoms with E-state index in [1.165, 1.54) is 0 Å². The lowest BCUT2D eigenvalue weighted by Gasteiger charge is -2.19. The molecule has 0 amide bonds. The molecule has 8 heteroatoms. The summed E-state index contributed by atoms with van der Waals surface area (Å²) in [5.41, 5.74) is 11.3. The molecule has 4 heterocycles. The Balaban J connectivity index is 1.22. The van der Waals surface area contributed by atoms with E-state index in [-0.39, 0.29) is 0 Å². The zero-order chi connectivity index (χ0) is 40.2. The van der Waals surface area contributed by atoms with E-state index in [1.54, 1.807) is 0 Å². The van der Waals surface area contributed by atoms with E-state index in [9.17, 15) is 10.5 Å². The summed E-state index contributed by atoms with van der Waals surface area (Å²) in [7, 11) is 0. The van der Waals surface area contributed by atoms with Gasteiger partial charge in [-0.1, -0.05) is 109 Å². The third kappa shape index (κ3) is 5.60. The van der Waals surface area contributed by atoms with Gasteiger partial charge in [0.15, 0.2) is 17.5 Å². The first kappa shape index (κ1) is 34.5. The molecule has 7 aromatic carbocycles. The summed E-state index contributed by atoms with van der Waals surface area (Å²) >= 11 is 0. The molecule has 0 fully saturated rings. The lowest BCUT2D eigenvalue weighted by molar-refractivity contribution is 1.07. The Morgan fingerprint density at radius 2 is 0.867 bits per heavy atom. The maximum Gasteiger partial charge on any atom is 0.164 e. The fourth-order valence-electron chi connectivity index (χ4n) is 8.41. The molecule has 0 aliphatic heterocycles. The molecule has 0 spiro atoms. The van der Waals surface area contributed by atoms with E-state index in [2.05, 4.69) is 63.7 Å². The van der Waals surface area contributed by atoms with Crippen molar-refractivity contribution < 1.29 is 0 Å².